The molecule has 4 aromatic heterocycles. The van der Waals surface area contributed by atoms with Gasteiger partial charge in [-0.2, -0.15) is 19.0 Å². The van der Waals surface area contributed by atoms with Crippen LogP contribution in [-0.4, -0.2) is 57.8 Å². The van der Waals surface area contributed by atoms with Crippen LogP contribution in [0.1, 0.15) is 11.1 Å². The molecule has 40 heavy (non-hydrogen) atoms. The molecule has 0 amide bonds. The third kappa shape index (κ3) is 4.69. The fraction of sp³-hybridized carbons (Fsp3) is 0.200. The molecule has 2 aromatic carbocycles. The Morgan fingerprint density at radius 3 is 1.40 bits per heavy atom. The zero-order valence-electron chi connectivity index (χ0n) is 22.5. The quantitative estimate of drug-likeness (QED) is 0.223. The topological polar surface area (TPSA) is 49.3 Å². The molecular weight excluding hydrogens is 537 g/mol. The van der Waals surface area contributed by atoms with Crippen molar-refractivity contribution in [1.29, 1.82) is 0 Å². The number of nitrogens with zero attached hydrogens (tertiary/aromatic N) is 8. The van der Waals surface area contributed by atoms with Crippen molar-refractivity contribution < 1.29 is 8.80 Å². The van der Waals surface area contributed by atoms with Gasteiger partial charge in [-0.3, -0.25) is 10.0 Å². The standard InChI is InChI=1S/C30H30N8S2/c1-33-27(21-35-15-17-39-29(33)35)25-7-3-23(4-8-25)19-31-37-11-13-38(14-12-37)32-20-24-5-9-26(10-6-24)28-22-36-16-18-40-30(36)34(28)2/h3-10,15-22H,11-14H2,1-2H3/q+2/b31-19-,32-20-. The van der Waals surface area contributed by atoms with Crippen LogP contribution in [0.25, 0.3) is 32.4 Å². The smallest absolute Gasteiger partial charge is 0.293 e. The largest absolute Gasteiger partial charge is 0.345 e. The molecule has 0 saturated carbocycles. The van der Waals surface area contributed by atoms with Gasteiger partial charge >= 0.3 is 9.92 Å². The average Bonchev–Trinajstić information content (AvgIpc) is 3.77. The molecule has 1 aliphatic rings. The fourth-order valence-corrected chi connectivity index (χ4v) is 6.75. The average molecular weight is 567 g/mol. The van der Waals surface area contributed by atoms with Crippen molar-refractivity contribution in [3.8, 4) is 22.5 Å². The van der Waals surface area contributed by atoms with E-state index in [2.05, 4.69) is 126 Å². The predicted molar refractivity (Wildman–Crippen MR) is 162 cm³/mol. The van der Waals surface area contributed by atoms with Gasteiger partial charge in [-0.1, -0.05) is 46.9 Å². The maximum Gasteiger partial charge on any atom is 0.345 e. The van der Waals surface area contributed by atoms with Gasteiger partial charge in [0.1, 0.15) is 24.8 Å². The van der Waals surface area contributed by atoms with E-state index in [0.29, 0.717) is 0 Å². The lowest BCUT2D eigenvalue weighted by Gasteiger charge is -2.31. The Hall–Kier alpha value is -4.28. The molecule has 7 rings (SSSR count). The van der Waals surface area contributed by atoms with Crippen LogP contribution >= 0.6 is 22.7 Å². The number of hydrazone groups is 2. The molecule has 8 nitrogen and oxygen atoms in total. The van der Waals surface area contributed by atoms with Crippen molar-refractivity contribution >= 4 is 45.0 Å². The normalized spacial score (nSPS) is 14.6. The summed E-state index contributed by atoms with van der Waals surface area (Å²) in [4.78, 5) is 2.45. The molecule has 0 N–H and O–H groups in total. The first-order valence-corrected chi connectivity index (χ1v) is 15.1. The van der Waals surface area contributed by atoms with E-state index in [1.54, 1.807) is 22.7 Å². The molecule has 1 aliphatic heterocycles. The zero-order chi connectivity index (χ0) is 27.1. The van der Waals surface area contributed by atoms with Crippen LogP contribution in [-0.2, 0) is 14.1 Å². The number of imidazole rings is 2. The minimum Gasteiger partial charge on any atom is -0.293 e. The lowest BCUT2D eigenvalue weighted by molar-refractivity contribution is -0.505. The summed E-state index contributed by atoms with van der Waals surface area (Å²) in [6, 6.07) is 17.2. The number of piperazine rings is 1. The number of thiazole rings is 2. The highest BCUT2D eigenvalue weighted by molar-refractivity contribution is 7.14. The minimum absolute atomic E-state index is 0.852. The van der Waals surface area contributed by atoms with Gasteiger partial charge in [0.2, 0.25) is 0 Å². The van der Waals surface area contributed by atoms with Crippen LogP contribution in [0.2, 0.25) is 0 Å². The van der Waals surface area contributed by atoms with E-state index in [4.69, 9.17) is 10.2 Å². The second-order valence-electron chi connectivity index (χ2n) is 9.97. The highest BCUT2D eigenvalue weighted by Crippen LogP contribution is 2.23. The van der Waals surface area contributed by atoms with Crippen LogP contribution in [0, 0.1) is 0 Å². The van der Waals surface area contributed by atoms with Gasteiger partial charge in [0, 0.05) is 21.9 Å². The second kappa shape index (κ2) is 10.4. The van der Waals surface area contributed by atoms with Gasteiger partial charge in [0.05, 0.1) is 52.7 Å². The first kappa shape index (κ1) is 24.7. The molecule has 0 radical (unpaired) electrons. The van der Waals surface area contributed by atoms with Gasteiger partial charge in [-0.05, 0) is 35.4 Å². The molecule has 0 aliphatic carbocycles. The van der Waals surface area contributed by atoms with Gasteiger partial charge in [-0.15, -0.1) is 0 Å². The molecule has 0 bridgehead atoms. The minimum atomic E-state index is 0.852. The number of aromatic nitrogens is 4. The van der Waals surface area contributed by atoms with E-state index in [1.807, 2.05) is 12.4 Å². The van der Waals surface area contributed by atoms with Crippen molar-refractivity contribution in [2.45, 2.75) is 0 Å². The lowest BCUT2D eigenvalue weighted by atomic mass is 10.1. The van der Waals surface area contributed by atoms with Crippen molar-refractivity contribution in [2.75, 3.05) is 26.2 Å². The number of fused-ring (bicyclic) bond motifs is 2. The molecule has 0 atom stereocenters. The summed E-state index contributed by atoms with van der Waals surface area (Å²) in [6.45, 7) is 3.41. The summed E-state index contributed by atoms with van der Waals surface area (Å²) in [5.74, 6) is 0. The first-order valence-electron chi connectivity index (χ1n) is 13.3. The van der Waals surface area contributed by atoms with Gasteiger partial charge < -0.3 is 0 Å². The summed E-state index contributed by atoms with van der Waals surface area (Å²) < 4.78 is 8.80. The molecular formula is C30H30N8S2+2. The molecule has 0 unspecified atom stereocenters. The van der Waals surface area contributed by atoms with Gasteiger partial charge in [-0.25, -0.2) is 9.13 Å². The maximum atomic E-state index is 4.73. The Morgan fingerprint density at radius 2 is 1.02 bits per heavy atom. The van der Waals surface area contributed by atoms with E-state index < -0.39 is 0 Å². The highest BCUT2D eigenvalue weighted by Gasteiger charge is 2.18. The fourth-order valence-electron chi connectivity index (χ4n) is 5.14. The van der Waals surface area contributed by atoms with Gasteiger partial charge in [0.25, 0.3) is 0 Å². The summed E-state index contributed by atoms with van der Waals surface area (Å²) in [7, 11) is 4.23. The summed E-state index contributed by atoms with van der Waals surface area (Å²) in [6.07, 6.45) is 12.5. The zero-order valence-corrected chi connectivity index (χ0v) is 24.1. The summed E-state index contributed by atoms with van der Waals surface area (Å²) >= 11 is 3.49. The first-order chi connectivity index (χ1) is 19.6. The molecule has 6 aromatic rings. The van der Waals surface area contributed by atoms with Crippen molar-refractivity contribution in [3.05, 3.63) is 95.2 Å². The number of aryl methyl sites for hydroxylation is 2. The van der Waals surface area contributed by atoms with Crippen LogP contribution in [0.4, 0.5) is 0 Å². The Labute approximate surface area is 240 Å². The number of hydrogen-bond donors (Lipinski definition) is 0. The number of benzene rings is 2. The SMILES string of the molecule is Cn1c(-c2ccc(/C=N\N3CCN(/N=C\c4ccc(-c5c[n+]6ccsc6n5C)cc4)CC3)cc2)c[n+]2ccsc12. The summed E-state index contributed by atoms with van der Waals surface area (Å²) in [5, 5.41) is 17.9. The third-order valence-electron chi connectivity index (χ3n) is 7.44. The van der Waals surface area contributed by atoms with Crippen LogP contribution < -0.4 is 8.80 Å². The van der Waals surface area contributed by atoms with Crippen molar-refractivity contribution in [1.82, 2.24) is 19.2 Å². The van der Waals surface area contributed by atoms with E-state index in [9.17, 15) is 0 Å². The van der Waals surface area contributed by atoms with Crippen LogP contribution in [0.15, 0.2) is 94.3 Å². The van der Waals surface area contributed by atoms with E-state index >= 15 is 0 Å². The maximum absolute atomic E-state index is 4.73. The second-order valence-corrected chi connectivity index (χ2v) is 11.7. The monoisotopic (exact) mass is 566 g/mol. The van der Waals surface area contributed by atoms with E-state index in [1.165, 1.54) is 32.4 Å². The molecule has 200 valence electrons. The highest BCUT2D eigenvalue weighted by atomic mass is 32.1. The Kier molecular flexibility index (Phi) is 6.41. The molecule has 0 spiro atoms. The molecule has 1 fully saturated rings. The van der Waals surface area contributed by atoms with E-state index in [-0.39, 0.29) is 0 Å². The number of hydrogen-bond acceptors (Lipinski definition) is 6. The Balaban J connectivity index is 0.927. The predicted octanol–water partition coefficient (Wildman–Crippen LogP) is 4.28. The van der Waals surface area contributed by atoms with Crippen LogP contribution in [0.3, 0.4) is 0 Å². The van der Waals surface area contributed by atoms with E-state index in [0.717, 1.165) is 37.3 Å². The van der Waals surface area contributed by atoms with Crippen LogP contribution in [0.5, 0.6) is 0 Å². The van der Waals surface area contributed by atoms with Gasteiger partial charge in [0.15, 0.2) is 11.4 Å². The molecule has 5 heterocycles. The summed E-state index contributed by atoms with van der Waals surface area (Å²) in [5.41, 5.74) is 7.03. The van der Waals surface area contributed by atoms with Crippen molar-refractivity contribution in [3.63, 3.8) is 0 Å². The molecule has 1 saturated heterocycles. The Morgan fingerprint density at radius 1 is 0.625 bits per heavy atom. The number of rotatable bonds is 6. The van der Waals surface area contributed by atoms with Crippen molar-refractivity contribution in [2.24, 2.45) is 24.3 Å². The third-order valence-corrected chi connectivity index (χ3v) is 9.34. The lowest BCUT2D eigenvalue weighted by Crippen LogP contribution is -2.41. The molecule has 10 heteroatoms. The Bertz CT molecular complexity index is 1690.